The number of halogens is 3. The highest BCUT2D eigenvalue weighted by atomic mass is 35.5. The van der Waals surface area contributed by atoms with Gasteiger partial charge in [0, 0.05) is 61.2 Å². The Morgan fingerprint density at radius 1 is 1.06 bits per heavy atom. The van der Waals surface area contributed by atoms with E-state index in [1.54, 1.807) is 43.3 Å². The van der Waals surface area contributed by atoms with Gasteiger partial charge in [0.1, 0.15) is 5.82 Å². The summed E-state index contributed by atoms with van der Waals surface area (Å²) in [6.45, 7) is 5.43. The minimum Gasteiger partial charge on any atom is -0.384 e. The van der Waals surface area contributed by atoms with Gasteiger partial charge >= 0.3 is 0 Å². The Morgan fingerprint density at radius 3 is 2.38 bits per heavy atom. The molecule has 0 aromatic heterocycles. The Hall–Kier alpha value is -2.61. The van der Waals surface area contributed by atoms with Gasteiger partial charge in [0.25, 0.3) is 5.91 Å². The van der Waals surface area contributed by atoms with E-state index in [0.717, 1.165) is 32.4 Å². The van der Waals surface area contributed by atoms with E-state index in [9.17, 15) is 18.3 Å². The topological polar surface area (TPSA) is 99.6 Å². The molecule has 0 unspecified atom stereocenters. The van der Waals surface area contributed by atoms with Gasteiger partial charge in [-0.25, -0.2) is 12.8 Å². The first-order valence-corrected chi connectivity index (χ1v) is 18.1. The predicted octanol–water partition coefficient (Wildman–Crippen LogP) is 4.65. The van der Waals surface area contributed by atoms with E-state index in [2.05, 4.69) is 9.80 Å². The molecule has 3 aliphatic rings. The van der Waals surface area contributed by atoms with E-state index in [0.29, 0.717) is 23.6 Å². The average Bonchev–Trinajstić information content (AvgIpc) is 3.60. The van der Waals surface area contributed by atoms with Crippen molar-refractivity contribution in [2.24, 2.45) is 0 Å². The Labute approximate surface area is 284 Å². The molecule has 0 radical (unpaired) electrons. The number of aliphatic hydroxyl groups is 1. The van der Waals surface area contributed by atoms with E-state index >= 15 is 4.39 Å². The summed E-state index contributed by atoms with van der Waals surface area (Å²) in [5.74, 6) is -1.32. The Kier molecular flexibility index (Phi) is 9.49. The van der Waals surface area contributed by atoms with Crippen molar-refractivity contribution in [3.05, 3.63) is 98.3 Å². The average molecular weight is 707 g/mol. The van der Waals surface area contributed by atoms with Crippen molar-refractivity contribution < 1.29 is 32.2 Å². The van der Waals surface area contributed by atoms with Gasteiger partial charge in [0.15, 0.2) is 9.84 Å². The third kappa shape index (κ3) is 6.69. The van der Waals surface area contributed by atoms with Gasteiger partial charge in [-0.05, 0) is 67.9 Å². The maximum absolute atomic E-state index is 16.9. The molecule has 0 spiro atoms. The van der Waals surface area contributed by atoms with Crippen LogP contribution in [0, 0.1) is 5.82 Å². The normalized spacial score (nSPS) is 23.7. The number of hydrogen-bond acceptors (Lipinski definition) is 8. The van der Waals surface area contributed by atoms with Crippen molar-refractivity contribution in [1.29, 1.82) is 0 Å². The summed E-state index contributed by atoms with van der Waals surface area (Å²) in [6.07, 6.45) is 1.06. The van der Waals surface area contributed by atoms with Crippen molar-refractivity contribution in [3.63, 3.8) is 0 Å². The second kappa shape index (κ2) is 13.0. The molecule has 6 rings (SSSR count). The molecule has 252 valence electrons. The zero-order valence-corrected chi connectivity index (χ0v) is 28.8. The summed E-state index contributed by atoms with van der Waals surface area (Å²) in [6, 6.07) is 13.8. The number of rotatable bonds is 9. The first kappa shape index (κ1) is 34.3. The predicted molar refractivity (Wildman–Crippen MR) is 177 cm³/mol. The third-order valence-electron chi connectivity index (χ3n) is 9.25. The fourth-order valence-electron chi connectivity index (χ4n) is 6.76. The second-order valence-corrected chi connectivity index (χ2v) is 15.8. The molecule has 2 saturated heterocycles. The SMILES string of the molecule is CN1CCN(C[C@@](C)(O)c2cc(F)c3c(c2)C(=O)N(Cc2ccc(Cl)cc2S(C)(=O)=O)[C@@]3(O[C@H]2CCOC2)c2ccc(Cl)cc2)CC1. The number of β-amino-alcohol motifs (C(OH)–C–C–N with tert-alkyl or cyclic N) is 1. The van der Waals surface area contributed by atoms with Crippen LogP contribution in [-0.2, 0) is 37.2 Å². The zero-order valence-electron chi connectivity index (χ0n) is 26.5. The molecule has 3 heterocycles. The maximum Gasteiger partial charge on any atom is 0.257 e. The molecule has 0 bridgehead atoms. The van der Waals surface area contributed by atoms with Gasteiger partial charge in [0.05, 0.1) is 40.9 Å². The lowest BCUT2D eigenvalue weighted by Crippen LogP contribution is -2.49. The molecular formula is C34H38Cl2FN3O6S. The van der Waals surface area contributed by atoms with Crippen LogP contribution in [0.2, 0.25) is 10.0 Å². The number of amides is 1. The first-order valence-electron chi connectivity index (χ1n) is 15.5. The molecule has 0 saturated carbocycles. The molecule has 3 aliphatic heterocycles. The van der Waals surface area contributed by atoms with Crippen molar-refractivity contribution in [3.8, 4) is 0 Å². The van der Waals surface area contributed by atoms with Gasteiger partial charge in [-0.3, -0.25) is 14.6 Å². The monoisotopic (exact) mass is 705 g/mol. The largest absolute Gasteiger partial charge is 0.384 e. The molecule has 3 aromatic rings. The molecule has 1 amide bonds. The number of sulfone groups is 1. The van der Waals surface area contributed by atoms with Crippen LogP contribution >= 0.6 is 23.2 Å². The van der Waals surface area contributed by atoms with Crippen LogP contribution in [0.5, 0.6) is 0 Å². The van der Waals surface area contributed by atoms with Gasteiger partial charge in [-0.15, -0.1) is 0 Å². The van der Waals surface area contributed by atoms with Crippen LogP contribution < -0.4 is 0 Å². The van der Waals surface area contributed by atoms with Crippen molar-refractivity contribution >= 4 is 38.9 Å². The Bertz CT molecular complexity index is 1780. The molecule has 9 nitrogen and oxygen atoms in total. The lowest BCUT2D eigenvalue weighted by molar-refractivity contribution is -0.148. The molecule has 2 fully saturated rings. The van der Waals surface area contributed by atoms with Crippen LogP contribution in [-0.4, -0.2) is 99.5 Å². The van der Waals surface area contributed by atoms with Crippen LogP contribution in [0.1, 0.15) is 46.0 Å². The number of ether oxygens (including phenoxy) is 2. The van der Waals surface area contributed by atoms with E-state index in [-0.39, 0.29) is 51.9 Å². The van der Waals surface area contributed by atoms with Crippen molar-refractivity contribution in [2.45, 2.75) is 42.2 Å². The standard InChI is InChI=1S/C34H38Cl2FN3O6S/c1-33(42,21-39-13-11-38(2)12-14-39)24-16-28-31(29(37)17-24)34(46-27-10-15-45-20-27,23-5-8-25(35)9-6-23)40(32(28)41)19-22-4-7-26(36)18-30(22)47(3,43)44/h4-9,16-18,27,42H,10-15,19-21H2,1-3H3/t27-,33+,34+/m0/s1. The Balaban J connectivity index is 1.53. The summed E-state index contributed by atoms with van der Waals surface area (Å²) in [4.78, 5) is 20.3. The number of nitrogens with zero attached hydrogens (tertiary/aromatic N) is 3. The second-order valence-electron chi connectivity index (χ2n) is 12.9. The minimum atomic E-state index is -3.78. The number of benzene rings is 3. The van der Waals surface area contributed by atoms with Crippen molar-refractivity contribution in [1.82, 2.24) is 14.7 Å². The number of hydrogen-bond donors (Lipinski definition) is 1. The van der Waals surface area contributed by atoms with E-state index < -0.39 is 39.0 Å². The fraction of sp³-hybridized carbons (Fsp3) is 0.441. The first-order chi connectivity index (χ1) is 22.2. The van der Waals surface area contributed by atoms with Gasteiger partial charge in [-0.2, -0.15) is 0 Å². The van der Waals surface area contributed by atoms with E-state index in [4.69, 9.17) is 32.7 Å². The lowest BCUT2D eigenvalue weighted by atomic mass is 9.87. The maximum atomic E-state index is 16.9. The number of carbonyl (C=O) groups is 1. The number of likely N-dealkylation sites (N-methyl/N-ethyl adjacent to an activating group) is 1. The zero-order chi connectivity index (χ0) is 33.7. The highest BCUT2D eigenvalue weighted by Gasteiger charge is 2.56. The fourth-order valence-corrected chi connectivity index (χ4v) is 8.07. The van der Waals surface area contributed by atoms with Crippen LogP contribution in [0.3, 0.4) is 0 Å². The quantitative estimate of drug-likeness (QED) is 0.344. The van der Waals surface area contributed by atoms with Crippen LogP contribution in [0.15, 0.2) is 59.5 Å². The van der Waals surface area contributed by atoms with E-state index in [1.807, 2.05) is 7.05 Å². The minimum absolute atomic E-state index is 0.0161. The molecule has 3 aromatic carbocycles. The highest BCUT2D eigenvalue weighted by molar-refractivity contribution is 7.90. The van der Waals surface area contributed by atoms with Gasteiger partial charge < -0.3 is 19.5 Å². The molecule has 13 heteroatoms. The smallest absolute Gasteiger partial charge is 0.257 e. The molecule has 1 N–H and O–H groups in total. The summed E-state index contributed by atoms with van der Waals surface area (Å²) in [5, 5.41) is 12.4. The summed E-state index contributed by atoms with van der Waals surface area (Å²) < 4.78 is 55.1. The van der Waals surface area contributed by atoms with Gasteiger partial charge in [-0.1, -0.05) is 41.4 Å². The summed E-state index contributed by atoms with van der Waals surface area (Å²) in [5.41, 5.74) is -2.36. The Morgan fingerprint density at radius 2 is 1.74 bits per heavy atom. The lowest BCUT2D eigenvalue weighted by Gasteiger charge is -2.41. The molecular weight excluding hydrogens is 668 g/mol. The van der Waals surface area contributed by atoms with Gasteiger partial charge in [0.2, 0.25) is 5.72 Å². The number of carbonyl (C=O) groups excluding carboxylic acids is 1. The van der Waals surface area contributed by atoms with Crippen molar-refractivity contribution in [2.75, 3.05) is 59.2 Å². The molecule has 0 aliphatic carbocycles. The summed E-state index contributed by atoms with van der Waals surface area (Å²) >= 11 is 12.5. The summed E-state index contributed by atoms with van der Waals surface area (Å²) in [7, 11) is -1.74. The highest BCUT2D eigenvalue weighted by Crippen LogP contribution is 2.50. The molecule has 3 atom stereocenters. The number of fused-ring (bicyclic) bond motifs is 1. The third-order valence-corrected chi connectivity index (χ3v) is 10.9. The van der Waals surface area contributed by atoms with Crippen LogP contribution in [0.25, 0.3) is 0 Å². The number of piperazine rings is 1. The molecule has 47 heavy (non-hydrogen) atoms. The van der Waals surface area contributed by atoms with E-state index in [1.165, 1.54) is 23.1 Å². The van der Waals surface area contributed by atoms with Crippen LogP contribution in [0.4, 0.5) is 4.39 Å².